The molecule has 1 heterocycles. The molecule has 2 N–H and O–H groups in total. The highest BCUT2D eigenvalue weighted by Gasteiger charge is 2.01. The molecule has 0 saturated heterocycles. The lowest BCUT2D eigenvalue weighted by Gasteiger charge is -1.88. The largest absolute Gasteiger partial charge is 0.432 e. The van der Waals surface area contributed by atoms with Gasteiger partial charge in [0.25, 0.3) is 3.90 Å². The molecule has 0 radical (unpaired) electrons. The van der Waals surface area contributed by atoms with E-state index in [1.54, 1.807) is 12.1 Å². The first kappa shape index (κ1) is 6.90. The van der Waals surface area contributed by atoms with Crippen molar-refractivity contribution in [1.29, 1.82) is 0 Å². The van der Waals surface area contributed by atoms with E-state index in [4.69, 9.17) is 10.2 Å². The number of aromatic nitrogens is 1. The van der Waals surface area contributed by atoms with Crippen LogP contribution in [0, 0.1) is 3.90 Å². The number of nitrogen functional groups attached to an aromatic ring is 1. The lowest BCUT2D eigenvalue weighted by molar-refractivity contribution is 0.567. The van der Waals surface area contributed by atoms with Gasteiger partial charge in [0.2, 0.25) is 0 Å². The first-order valence-corrected chi connectivity index (χ1v) is 4.15. The smallest absolute Gasteiger partial charge is 0.258 e. The summed E-state index contributed by atoms with van der Waals surface area (Å²) in [7, 11) is 0. The zero-order valence-electron chi connectivity index (χ0n) is 5.54. The van der Waals surface area contributed by atoms with Crippen LogP contribution in [0.4, 0.5) is 5.69 Å². The summed E-state index contributed by atoms with van der Waals surface area (Å²) in [6.45, 7) is 0. The Morgan fingerprint density at radius 1 is 1.45 bits per heavy atom. The van der Waals surface area contributed by atoms with E-state index in [9.17, 15) is 0 Å². The van der Waals surface area contributed by atoms with Gasteiger partial charge in [0, 0.05) is 34.3 Å². The van der Waals surface area contributed by atoms with Gasteiger partial charge in [-0.3, -0.25) is 0 Å². The zero-order chi connectivity index (χ0) is 7.84. The second-order valence-corrected chi connectivity index (χ2v) is 3.12. The summed E-state index contributed by atoms with van der Waals surface area (Å²) in [4.78, 5) is 4.12. The van der Waals surface area contributed by atoms with Gasteiger partial charge in [-0.05, 0) is 12.1 Å². The summed E-state index contributed by atoms with van der Waals surface area (Å²) in [5, 5.41) is 0. The van der Waals surface area contributed by atoms with Crippen molar-refractivity contribution in [3.8, 4) is 0 Å². The summed E-state index contributed by atoms with van der Waals surface area (Å²) < 4.78 is 5.89. The third kappa shape index (κ3) is 1.18. The lowest BCUT2D eigenvalue weighted by atomic mass is 10.3. The van der Waals surface area contributed by atoms with Crippen LogP contribution in [-0.2, 0) is 0 Å². The van der Waals surface area contributed by atoms with E-state index in [-0.39, 0.29) is 0 Å². The van der Waals surface area contributed by atoms with Crippen LogP contribution < -0.4 is 5.73 Å². The van der Waals surface area contributed by atoms with Crippen molar-refractivity contribution in [3.63, 3.8) is 0 Å². The molecule has 56 valence electrons. The van der Waals surface area contributed by atoms with Crippen LogP contribution in [0.25, 0.3) is 11.1 Å². The van der Waals surface area contributed by atoms with E-state index < -0.39 is 0 Å². The Morgan fingerprint density at radius 3 is 3.09 bits per heavy atom. The van der Waals surface area contributed by atoms with Gasteiger partial charge in [0.1, 0.15) is 5.52 Å². The van der Waals surface area contributed by atoms with E-state index >= 15 is 0 Å². The zero-order valence-corrected chi connectivity index (χ0v) is 7.70. The van der Waals surface area contributed by atoms with Crippen molar-refractivity contribution in [2.75, 3.05) is 5.73 Å². The van der Waals surface area contributed by atoms with Crippen molar-refractivity contribution in [2.45, 2.75) is 0 Å². The fraction of sp³-hybridized carbons (Fsp3) is 0. The first-order chi connectivity index (χ1) is 5.25. The molecule has 2 aromatic rings. The van der Waals surface area contributed by atoms with Crippen molar-refractivity contribution < 1.29 is 4.42 Å². The molecule has 0 spiro atoms. The fourth-order valence-corrected chi connectivity index (χ4v) is 1.41. The molecule has 11 heavy (non-hydrogen) atoms. The maximum absolute atomic E-state index is 5.54. The third-order valence-corrected chi connectivity index (χ3v) is 1.85. The molecule has 1 aromatic heterocycles. The second-order valence-electron chi connectivity index (χ2n) is 2.19. The van der Waals surface area contributed by atoms with E-state index in [2.05, 4.69) is 4.98 Å². The number of anilines is 1. The number of nitrogens with two attached hydrogens (primary N) is 1. The molecule has 4 heteroatoms. The van der Waals surface area contributed by atoms with Crippen LogP contribution in [0.15, 0.2) is 22.6 Å². The van der Waals surface area contributed by atoms with Crippen molar-refractivity contribution in [1.82, 2.24) is 4.98 Å². The second kappa shape index (κ2) is 2.37. The number of nitrogens with zero attached hydrogens (tertiary/aromatic N) is 1. The van der Waals surface area contributed by atoms with Gasteiger partial charge in [-0.15, -0.1) is 0 Å². The summed E-state index contributed by atoms with van der Waals surface area (Å²) >= 11 is 2.03. The van der Waals surface area contributed by atoms with Gasteiger partial charge >= 0.3 is 0 Å². The summed E-state index contributed by atoms with van der Waals surface area (Å²) in [5.74, 6) is 0. The number of halogens is 1. The van der Waals surface area contributed by atoms with Crippen LogP contribution in [-0.4, -0.2) is 4.98 Å². The molecule has 2 rings (SSSR count). The number of hydrogen-bond donors (Lipinski definition) is 1. The summed E-state index contributed by atoms with van der Waals surface area (Å²) in [5.41, 5.74) is 7.84. The average Bonchev–Trinajstić information content (AvgIpc) is 2.27. The minimum absolute atomic E-state index is 0.642. The third-order valence-electron chi connectivity index (χ3n) is 1.39. The van der Waals surface area contributed by atoms with Gasteiger partial charge in [-0.2, -0.15) is 0 Å². The molecule has 0 aliphatic heterocycles. The normalized spacial score (nSPS) is 10.6. The minimum Gasteiger partial charge on any atom is -0.432 e. The van der Waals surface area contributed by atoms with E-state index in [0.717, 1.165) is 11.1 Å². The van der Waals surface area contributed by atoms with Crippen molar-refractivity contribution >= 4 is 39.4 Å². The molecule has 0 aliphatic carbocycles. The number of benzene rings is 1. The van der Waals surface area contributed by atoms with E-state index in [0.29, 0.717) is 9.58 Å². The molecule has 0 amide bonds. The highest BCUT2D eigenvalue weighted by Crippen LogP contribution is 2.18. The Balaban J connectivity index is 2.82. The topological polar surface area (TPSA) is 52.0 Å². The molecular weight excluding hydrogens is 255 g/mol. The standard InChI is InChI=1S/C7H5IN2O/c8-7-10-5-2-1-4(9)3-6(5)11-7/h1-3H,9H2. The predicted molar refractivity (Wildman–Crippen MR) is 51.1 cm³/mol. The molecule has 0 atom stereocenters. The molecule has 0 aliphatic rings. The molecule has 0 saturated carbocycles. The van der Waals surface area contributed by atoms with Crippen molar-refractivity contribution in [2.24, 2.45) is 0 Å². The Hall–Kier alpha value is -0.780. The summed E-state index contributed by atoms with van der Waals surface area (Å²) in [6.07, 6.45) is 0. The first-order valence-electron chi connectivity index (χ1n) is 3.07. The Bertz CT molecular complexity index is 396. The SMILES string of the molecule is Nc1ccc2nc(I)oc2c1. The minimum atomic E-state index is 0.642. The van der Waals surface area contributed by atoms with Crippen LogP contribution in [0.5, 0.6) is 0 Å². The average molecular weight is 260 g/mol. The fourth-order valence-electron chi connectivity index (χ4n) is 0.913. The maximum atomic E-state index is 5.54. The molecule has 0 bridgehead atoms. The lowest BCUT2D eigenvalue weighted by Crippen LogP contribution is -1.81. The number of rotatable bonds is 0. The van der Waals surface area contributed by atoms with E-state index in [1.165, 1.54) is 0 Å². The van der Waals surface area contributed by atoms with Gasteiger partial charge in [0.05, 0.1) is 0 Å². The highest BCUT2D eigenvalue weighted by molar-refractivity contribution is 14.1. The van der Waals surface area contributed by atoms with Crippen LogP contribution in [0.2, 0.25) is 0 Å². The van der Waals surface area contributed by atoms with Crippen LogP contribution in [0.1, 0.15) is 0 Å². The summed E-state index contributed by atoms with van der Waals surface area (Å²) in [6, 6.07) is 5.42. The molecular formula is C7H5IN2O. The van der Waals surface area contributed by atoms with E-state index in [1.807, 2.05) is 28.7 Å². The monoisotopic (exact) mass is 260 g/mol. The van der Waals surface area contributed by atoms with Crippen LogP contribution in [0.3, 0.4) is 0 Å². The number of oxazole rings is 1. The highest BCUT2D eigenvalue weighted by atomic mass is 127. The predicted octanol–water partition coefficient (Wildman–Crippen LogP) is 2.01. The Kier molecular flexibility index (Phi) is 1.49. The van der Waals surface area contributed by atoms with Gasteiger partial charge in [0.15, 0.2) is 5.58 Å². The Labute approximate surface area is 76.7 Å². The molecule has 1 aromatic carbocycles. The molecule has 0 fully saturated rings. The quantitative estimate of drug-likeness (QED) is 0.582. The van der Waals surface area contributed by atoms with Gasteiger partial charge in [-0.1, -0.05) is 0 Å². The van der Waals surface area contributed by atoms with Gasteiger partial charge in [-0.25, -0.2) is 4.98 Å². The number of fused-ring (bicyclic) bond motifs is 1. The maximum Gasteiger partial charge on any atom is 0.258 e. The number of hydrogen-bond acceptors (Lipinski definition) is 3. The molecule has 3 nitrogen and oxygen atoms in total. The van der Waals surface area contributed by atoms with Crippen LogP contribution >= 0.6 is 22.6 Å². The van der Waals surface area contributed by atoms with Gasteiger partial charge < -0.3 is 10.2 Å². The van der Waals surface area contributed by atoms with Crippen molar-refractivity contribution in [3.05, 3.63) is 22.1 Å². The Morgan fingerprint density at radius 2 is 2.27 bits per heavy atom. The molecule has 0 unspecified atom stereocenters.